The molecule has 1 aromatic rings. The molecule has 3 atom stereocenters. The van der Waals surface area contributed by atoms with E-state index in [-0.39, 0.29) is 0 Å². The number of rotatable bonds is 2. The molecule has 0 saturated heterocycles. The first-order valence-electron chi connectivity index (χ1n) is 7.11. The molecule has 2 N–H and O–H groups in total. The molecule has 0 bridgehead atoms. The molecule has 0 aliphatic heterocycles. The van der Waals surface area contributed by atoms with Crippen LogP contribution in [0.15, 0.2) is 12.3 Å². The highest BCUT2D eigenvalue weighted by molar-refractivity contribution is 5.10. The quantitative estimate of drug-likeness (QED) is 0.876. The average Bonchev–Trinajstić information content (AvgIpc) is 2.73. The van der Waals surface area contributed by atoms with Crippen molar-refractivity contribution >= 4 is 0 Å². The van der Waals surface area contributed by atoms with Crippen molar-refractivity contribution in [2.75, 3.05) is 6.54 Å². The fourth-order valence-electron chi connectivity index (χ4n) is 3.29. The topological polar surface area (TPSA) is 43.8 Å². The van der Waals surface area contributed by atoms with Crippen LogP contribution in [0.4, 0.5) is 0 Å². The van der Waals surface area contributed by atoms with Gasteiger partial charge in [0, 0.05) is 19.2 Å². The molecule has 1 aliphatic rings. The molecule has 0 aromatic carbocycles. The molecule has 0 radical (unpaired) electrons. The van der Waals surface area contributed by atoms with Crippen LogP contribution in [0, 0.1) is 17.3 Å². The fraction of sp³-hybridized carbons (Fsp3) is 0.800. The van der Waals surface area contributed by atoms with Crippen molar-refractivity contribution in [3.05, 3.63) is 18.0 Å². The summed E-state index contributed by atoms with van der Waals surface area (Å²) in [5.74, 6) is 1.94. The van der Waals surface area contributed by atoms with E-state index in [2.05, 4.69) is 31.9 Å². The summed E-state index contributed by atoms with van der Waals surface area (Å²) in [5.41, 5.74) is 7.59. The van der Waals surface area contributed by atoms with Crippen LogP contribution in [-0.2, 0) is 7.05 Å². The van der Waals surface area contributed by atoms with Crippen LogP contribution < -0.4 is 5.73 Å². The minimum absolute atomic E-state index is 0.395. The van der Waals surface area contributed by atoms with Gasteiger partial charge in [0.15, 0.2) is 0 Å². The van der Waals surface area contributed by atoms with Crippen LogP contribution in [0.5, 0.6) is 0 Å². The zero-order chi connectivity index (χ0) is 13.3. The zero-order valence-corrected chi connectivity index (χ0v) is 12.2. The lowest BCUT2D eigenvalue weighted by atomic mass is 9.65. The molecular weight excluding hydrogens is 222 g/mol. The van der Waals surface area contributed by atoms with E-state index in [1.54, 1.807) is 0 Å². The Hall–Kier alpha value is -0.830. The SMILES string of the molecule is Cn1ccc(C2CC(C(C)(C)C)CCC2CN)n1. The first kappa shape index (κ1) is 13.6. The second-order valence-corrected chi connectivity index (χ2v) is 6.89. The molecule has 2 rings (SSSR count). The van der Waals surface area contributed by atoms with E-state index in [0.29, 0.717) is 17.3 Å². The summed E-state index contributed by atoms with van der Waals surface area (Å²) in [4.78, 5) is 0. The van der Waals surface area contributed by atoms with Gasteiger partial charge in [0.05, 0.1) is 5.69 Å². The summed E-state index contributed by atoms with van der Waals surface area (Å²) in [7, 11) is 1.99. The number of hydrogen-bond acceptors (Lipinski definition) is 2. The summed E-state index contributed by atoms with van der Waals surface area (Å²) in [6.45, 7) is 7.86. The third-order valence-corrected chi connectivity index (χ3v) is 4.64. The second-order valence-electron chi connectivity index (χ2n) is 6.89. The van der Waals surface area contributed by atoms with Crippen molar-refractivity contribution in [1.82, 2.24) is 9.78 Å². The third kappa shape index (κ3) is 2.77. The van der Waals surface area contributed by atoms with Gasteiger partial charge in [0.2, 0.25) is 0 Å². The van der Waals surface area contributed by atoms with Crippen molar-refractivity contribution in [3.63, 3.8) is 0 Å². The number of aryl methyl sites for hydroxylation is 1. The highest BCUT2D eigenvalue weighted by atomic mass is 15.2. The molecule has 3 nitrogen and oxygen atoms in total. The standard InChI is InChI=1S/C15H27N3/c1-15(2,3)12-6-5-11(10-16)13(9-12)14-7-8-18(4)17-14/h7-8,11-13H,5-6,9-10,16H2,1-4H3. The van der Waals surface area contributed by atoms with Gasteiger partial charge in [0.1, 0.15) is 0 Å². The van der Waals surface area contributed by atoms with E-state index in [9.17, 15) is 0 Å². The molecule has 0 amide bonds. The number of nitrogens with zero attached hydrogens (tertiary/aromatic N) is 2. The summed E-state index contributed by atoms with van der Waals surface area (Å²) in [6.07, 6.45) is 5.85. The third-order valence-electron chi connectivity index (χ3n) is 4.64. The Morgan fingerprint density at radius 1 is 1.39 bits per heavy atom. The first-order chi connectivity index (χ1) is 8.41. The molecule has 18 heavy (non-hydrogen) atoms. The van der Waals surface area contributed by atoms with E-state index < -0.39 is 0 Å². The molecule has 3 unspecified atom stereocenters. The molecule has 102 valence electrons. The normalized spacial score (nSPS) is 29.5. The zero-order valence-electron chi connectivity index (χ0n) is 12.2. The van der Waals surface area contributed by atoms with Crippen LogP contribution in [0.25, 0.3) is 0 Å². The second kappa shape index (κ2) is 5.04. The maximum absolute atomic E-state index is 5.96. The average molecular weight is 249 g/mol. The maximum Gasteiger partial charge on any atom is 0.0658 e. The summed E-state index contributed by atoms with van der Waals surface area (Å²) in [5, 5.41) is 4.61. The van der Waals surface area contributed by atoms with Crippen LogP contribution in [0.2, 0.25) is 0 Å². The molecule has 1 fully saturated rings. The largest absolute Gasteiger partial charge is 0.330 e. The van der Waals surface area contributed by atoms with Gasteiger partial charge in [-0.15, -0.1) is 0 Å². The summed E-state index contributed by atoms with van der Waals surface area (Å²) >= 11 is 0. The minimum Gasteiger partial charge on any atom is -0.330 e. The summed E-state index contributed by atoms with van der Waals surface area (Å²) < 4.78 is 1.91. The number of nitrogens with two attached hydrogens (primary N) is 1. The van der Waals surface area contributed by atoms with E-state index in [1.165, 1.54) is 25.0 Å². The van der Waals surface area contributed by atoms with Crippen molar-refractivity contribution in [1.29, 1.82) is 0 Å². The Morgan fingerprint density at radius 2 is 2.11 bits per heavy atom. The predicted molar refractivity (Wildman–Crippen MR) is 75.3 cm³/mol. The minimum atomic E-state index is 0.395. The molecule has 1 saturated carbocycles. The van der Waals surface area contributed by atoms with Crippen LogP contribution in [0.1, 0.15) is 51.6 Å². The van der Waals surface area contributed by atoms with E-state index in [0.717, 1.165) is 12.5 Å². The lowest BCUT2D eigenvalue weighted by Gasteiger charge is -2.41. The van der Waals surface area contributed by atoms with E-state index in [1.807, 2.05) is 17.9 Å². The van der Waals surface area contributed by atoms with Crippen LogP contribution in [0.3, 0.4) is 0 Å². The molecule has 1 heterocycles. The van der Waals surface area contributed by atoms with Crippen molar-refractivity contribution in [2.24, 2.45) is 30.0 Å². The van der Waals surface area contributed by atoms with Crippen LogP contribution in [-0.4, -0.2) is 16.3 Å². The van der Waals surface area contributed by atoms with Gasteiger partial charge >= 0.3 is 0 Å². The fourth-order valence-corrected chi connectivity index (χ4v) is 3.29. The first-order valence-corrected chi connectivity index (χ1v) is 7.11. The molecule has 0 spiro atoms. The Balaban J connectivity index is 2.18. The van der Waals surface area contributed by atoms with Crippen molar-refractivity contribution in [3.8, 4) is 0 Å². The van der Waals surface area contributed by atoms with Gasteiger partial charge in [-0.05, 0) is 49.1 Å². The molecular formula is C15H27N3. The number of hydrogen-bond donors (Lipinski definition) is 1. The van der Waals surface area contributed by atoms with Gasteiger partial charge in [-0.25, -0.2) is 0 Å². The lowest BCUT2D eigenvalue weighted by molar-refractivity contribution is 0.131. The predicted octanol–water partition coefficient (Wildman–Crippen LogP) is 2.92. The summed E-state index contributed by atoms with van der Waals surface area (Å²) in [6, 6.07) is 2.17. The van der Waals surface area contributed by atoms with Gasteiger partial charge in [-0.3, -0.25) is 4.68 Å². The Bertz CT molecular complexity index is 389. The van der Waals surface area contributed by atoms with Gasteiger partial charge in [-0.2, -0.15) is 5.10 Å². The molecule has 3 heteroatoms. The molecule has 1 aromatic heterocycles. The maximum atomic E-state index is 5.96. The van der Waals surface area contributed by atoms with E-state index >= 15 is 0 Å². The van der Waals surface area contributed by atoms with Crippen molar-refractivity contribution in [2.45, 2.75) is 46.0 Å². The molecule has 1 aliphatic carbocycles. The Kier molecular flexibility index (Phi) is 3.81. The van der Waals surface area contributed by atoms with Gasteiger partial charge in [0.25, 0.3) is 0 Å². The Labute approximate surface area is 111 Å². The smallest absolute Gasteiger partial charge is 0.0658 e. The Morgan fingerprint density at radius 3 is 2.61 bits per heavy atom. The highest BCUT2D eigenvalue weighted by Crippen LogP contribution is 2.46. The lowest BCUT2D eigenvalue weighted by Crippen LogP contribution is -2.34. The highest BCUT2D eigenvalue weighted by Gasteiger charge is 2.36. The van der Waals surface area contributed by atoms with Gasteiger partial charge in [-0.1, -0.05) is 20.8 Å². The van der Waals surface area contributed by atoms with Gasteiger partial charge < -0.3 is 5.73 Å². The van der Waals surface area contributed by atoms with Crippen LogP contribution >= 0.6 is 0 Å². The van der Waals surface area contributed by atoms with E-state index in [4.69, 9.17) is 5.73 Å². The van der Waals surface area contributed by atoms with Crippen molar-refractivity contribution < 1.29 is 0 Å². The monoisotopic (exact) mass is 249 g/mol. The number of aromatic nitrogens is 2.